The van der Waals surface area contributed by atoms with Crippen LogP contribution in [0.5, 0.6) is 11.6 Å². The smallest absolute Gasteiger partial charge is 0.217 e. The molecule has 8 heteroatoms. The molecule has 0 unspecified atom stereocenters. The van der Waals surface area contributed by atoms with E-state index in [4.69, 9.17) is 10.5 Å². The standard InChI is InChI=1S/C22H23N5O3/c1-12-4-6-17(29)13(2)19(12)27-20(24)16(10-23)15-5-7-18(25-21(15)27)30-11-22(8-9-22)26-14(3)28/h4-7,29H,8-9,11,24H2,1-3H3,(H,26,28). The summed E-state index contributed by atoms with van der Waals surface area (Å²) in [6.45, 7) is 5.50. The molecular weight excluding hydrogens is 382 g/mol. The lowest BCUT2D eigenvalue weighted by atomic mass is 10.1. The predicted molar refractivity (Wildman–Crippen MR) is 113 cm³/mol. The Labute approximate surface area is 173 Å². The van der Waals surface area contributed by atoms with Crippen LogP contribution < -0.4 is 15.8 Å². The quantitative estimate of drug-likeness (QED) is 0.599. The molecule has 2 heterocycles. The Bertz CT molecular complexity index is 1220. The van der Waals surface area contributed by atoms with Crippen LogP contribution in [-0.2, 0) is 4.79 Å². The maximum atomic E-state index is 11.4. The van der Waals surface area contributed by atoms with Gasteiger partial charge >= 0.3 is 0 Å². The number of nitrogens with two attached hydrogens (primary N) is 1. The van der Waals surface area contributed by atoms with Gasteiger partial charge in [0, 0.05) is 23.9 Å². The first-order valence-corrected chi connectivity index (χ1v) is 9.68. The van der Waals surface area contributed by atoms with E-state index in [0.717, 1.165) is 18.4 Å². The normalized spacial score (nSPS) is 14.3. The van der Waals surface area contributed by atoms with E-state index in [-0.39, 0.29) is 23.0 Å². The summed E-state index contributed by atoms with van der Waals surface area (Å²) < 4.78 is 7.57. The Morgan fingerprint density at radius 1 is 1.37 bits per heavy atom. The number of phenols is 1. The highest BCUT2D eigenvalue weighted by Crippen LogP contribution is 2.38. The summed E-state index contributed by atoms with van der Waals surface area (Å²) in [6, 6.07) is 9.02. The van der Waals surface area contributed by atoms with Gasteiger partial charge < -0.3 is 20.9 Å². The van der Waals surface area contributed by atoms with E-state index >= 15 is 0 Å². The number of nitrogens with zero attached hydrogens (tertiary/aromatic N) is 3. The lowest BCUT2D eigenvalue weighted by Crippen LogP contribution is -2.40. The average molecular weight is 405 g/mol. The van der Waals surface area contributed by atoms with Gasteiger partial charge in [-0.15, -0.1) is 0 Å². The maximum Gasteiger partial charge on any atom is 0.217 e. The Kier molecular flexibility index (Phi) is 4.54. The topological polar surface area (TPSA) is 126 Å². The summed E-state index contributed by atoms with van der Waals surface area (Å²) in [5.74, 6) is 0.673. The molecule has 8 nitrogen and oxygen atoms in total. The number of fused-ring (bicyclic) bond motifs is 1. The molecule has 4 rings (SSSR count). The van der Waals surface area contributed by atoms with Crippen molar-refractivity contribution in [3.8, 4) is 23.4 Å². The monoisotopic (exact) mass is 405 g/mol. The Hall–Kier alpha value is -3.73. The van der Waals surface area contributed by atoms with Crippen molar-refractivity contribution >= 4 is 22.8 Å². The van der Waals surface area contributed by atoms with Gasteiger partial charge in [-0.2, -0.15) is 10.2 Å². The summed E-state index contributed by atoms with van der Waals surface area (Å²) >= 11 is 0. The third-order valence-electron chi connectivity index (χ3n) is 5.56. The number of hydrogen-bond donors (Lipinski definition) is 3. The van der Waals surface area contributed by atoms with E-state index in [2.05, 4.69) is 16.4 Å². The molecule has 4 N–H and O–H groups in total. The SMILES string of the molecule is CC(=O)NC1(COc2ccc3c(C#N)c(N)n(-c4c(C)ccc(O)c4C)c3n2)CC1. The van der Waals surface area contributed by atoms with Crippen LogP contribution >= 0.6 is 0 Å². The average Bonchev–Trinajstić information content (AvgIpc) is 3.40. The first-order valence-electron chi connectivity index (χ1n) is 9.68. The van der Waals surface area contributed by atoms with E-state index in [1.54, 1.807) is 35.8 Å². The maximum absolute atomic E-state index is 11.4. The van der Waals surface area contributed by atoms with Crippen molar-refractivity contribution in [2.24, 2.45) is 0 Å². The molecule has 1 aliphatic rings. The van der Waals surface area contributed by atoms with Crippen LogP contribution in [0, 0.1) is 25.2 Å². The Morgan fingerprint density at radius 2 is 2.10 bits per heavy atom. The summed E-state index contributed by atoms with van der Waals surface area (Å²) in [4.78, 5) is 16.0. The van der Waals surface area contributed by atoms with Gasteiger partial charge in [-0.25, -0.2) is 0 Å². The summed E-state index contributed by atoms with van der Waals surface area (Å²) in [7, 11) is 0. The molecule has 2 aromatic heterocycles. The van der Waals surface area contributed by atoms with Gasteiger partial charge in [0.2, 0.25) is 11.8 Å². The molecule has 154 valence electrons. The van der Waals surface area contributed by atoms with Crippen LogP contribution in [0.4, 0.5) is 5.82 Å². The van der Waals surface area contributed by atoms with E-state index in [9.17, 15) is 15.2 Å². The Balaban J connectivity index is 1.81. The zero-order valence-corrected chi connectivity index (χ0v) is 17.1. The van der Waals surface area contributed by atoms with Crippen molar-refractivity contribution in [1.29, 1.82) is 5.26 Å². The van der Waals surface area contributed by atoms with E-state index in [1.165, 1.54) is 6.92 Å². The summed E-state index contributed by atoms with van der Waals surface area (Å²) in [6.07, 6.45) is 1.72. The molecule has 0 spiro atoms. The molecule has 1 aliphatic carbocycles. The predicted octanol–water partition coefficient (Wildman–Crippen LogP) is 2.85. The fourth-order valence-electron chi connectivity index (χ4n) is 3.80. The number of ether oxygens (including phenoxy) is 1. The number of rotatable bonds is 5. The Morgan fingerprint density at radius 3 is 2.73 bits per heavy atom. The van der Waals surface area contributed by atoms with Crippen LogP contribution in [0.3, 0.4) is 0 Å². The number of aryl methyl sites for hydroxylation is 1. The number of nitrogen functional groups attached to an aromatic ring is 1. The molecule has 0 bridgehead atoms. The zero-order valence-electron chi connectivity index (χ0n) is 17.1. The number of carbonyl (C=O) groups excluding carboxylic acids is 1. The number of benzene rings is 1. The highest BCUT2D eigenvalue weighted by molar-refractivity contribution is 5.92. The number of anilines is 1. The number of nitrogens with one attached hydrogen (secondary N) is 1. The molecule has 0 atom stereocenters. The van der Waals surface area contributed by atoms with Crippen LogP contribution in [0.25, 0.3) is 16.7 Å². The van der Waals surface area contributed by atoms with Gasteiger partial charge in [-0.3, -0.25) is 9.36 Å². The minimum atomic E-state index is -0.334. The lowest BCUT2D eigenvalue weighted by molar-refractivity contribution is -0.120. The fourth-order valence-corrected chi connectivity index (χ4v) is 3.80. The van der Waals surface area contributed by atoms with Crippen LogP contribution in [0.15, 0.2) is 24.3 Å². The number of phenolic OH excluding ortho intramolecular Hbond substituents is 1. The highest BCUT2D eigenvalue weighted by Gasteiger charge is 2.44. The third kappa shape index (κ3) is 3.18. The molecule has 1 saturated carbocycles. The number of pyridine rings is 1. The van der Waals surface area contributed by atoms with Crippen LogP contribution in [0.1, 0.15) is 36.5 Å². The number of aromatic hydroxyl groups is 1. The second-order valence-electron chi connectivity index (χ2n) is 7.85. The fraction of sp³-hybridized carbons (Fsp3) is 0.318. The van der Waals surface area contributed by atoms with Crippen molar-refractivity contribution in [2.45, 2.75) is 39.2 Å². The largest absolute Gasteiger partial charge is 0.508 e. The number of amides is 1. The number of aromatic nitrogens is 2. The van der Waals surface area contributed by atoms with Crippen LogP contribution in [-0.4, -0.2) is 32.7 Å². The number of hydrogen-bond acceptors (Lipinski definition) is 6. The molecular formula is C22H23N5O3. The second-order valence-corrected chi connectivity index (χ2v) is 7.85. The third-order valence-corrected chi connectivity index (χ3v) is 5.56. The minimum Gasteiger partial charge on any atom is -0.508 e. The van der Waals surface area contributed by atoms with Crippen LogP contribution in [0.2, 0.25) is 0 Å². The molecule has 3 aromatic rings. The van der Waals surface area contributed by atoms with E-state index in [0.29, 0.717) is 40.3 Å². The second kappa shape index (κ2) is 6.95. The van der Waals surface area contributed by atoms with Crippen molar-refractivity contribution in [3.63, 3.8) is 0 Å². The van der Waals surface area contributed by atoms with Gasteiger partial charge in [0.25, 0.3) is 0 Å². The molecule has 1 amide bonds. The van der Waals surface area contributed by atoms with Gasteiger partial charge in [-0.05, 0) is 44.4 Å². The van der Waals surface area contributed by atoms with Crippen molar-refractivity contribution in [3.05, 3.63) is 41.0 Å². The van der Waals surface area contributed by atoms with E-state index in [1.807, 2.05) is 6.92 Å². The molecule has 1 aromatic carbocycles. The first-order chi connectivity index (χ1) is 14.3. The molecule has 0 aliphatic heterocycles. The van der Waals surface area contributed by atoms with Crippen molar-refractivity contribution in [2.75, 3.05) is 12.3 Å². The molecule has 30 heavy (non-hydrogen) atoms. The van der Waals surface area contributed by atoms with Gasteiger partial charge in [-0.1, -0.05) is 6.07 Å². The van der Waals surface area contributed by atoms with Gasteiger partial charge in [0.1, 0.15) is 29.8 Å². The number of nitriles is 1. The molecule has 1 fully saturated rings. The van der Waals surface area contributed by atoms with Gasteiger partial charge in [0.15, 0.2) is 5.65 Å². The first kappa shape index (κ1) is 19.6. The minimum absolute atomic E-state index is 0.0883. The summed E-state index contributed by atoms with van der Waals surface area (Å²) in [5, 5.41) is 23.4. The van der Waals surface area contributed by atoms with Gasteiger partial charge in [0.05, 0.1) is 11.2 Å². The number of carbonyl (C=O) groups is 1. The molecule has 0 radical (unpaired) electrons. The highest BCUT2D eigenvalue weighted by atomic mass is 16.5. The summed E-state index contributed by atoms with van der Waals surface area (Å²) in [5.41, 5.74) is 9.00. The molecule has 0 saturated heterocycles. The van der Waals surface area contributed by atoms with Crippen molar-refractivity contribution in [1.82, 2.24) is 14.9 Å². The lowest BCUT2D eigenvalue weighted by Gasteiger charge is -2.17. The van der Waals surface area contributed by atoms with E-state index < -0.39 is 0 Å². The van der Waals surface area contributed by atoms with Crippen molar-refractivity contribution < 1.29 is 14.6 Å². The zero-order chi connectivity index (χ0) is 21.6.